The molecule has 1 saturated heterocycles. The Morgan fingerprint density at radius 1 is 0.917 bits per heavy atom. The lowest BCUT2D eigenvalue weighted by molar-refractivity contribution is -0.0436. The summed E-state index contributed by atoms with van der Waals surface area (Å²) in [6, 6.07) is 17.2. The first-order valence-corrected chi connectivity index (χ1v) is 8.33. The molecule has 3 aromatic rings. The lowest BCUT2D eigenvalue weighted by Crippen LogP contribution is -2.00. The fraction of sp³-hybridized carbons (Fsp3) is 0.167. The molecule has 0 radical (unpaired) electrons. The summed E-state index contributed by atoms with van der Waals surface area (Å²) in [7, 11) is 0. The minimum atomic E-state index is -0.541. The zero-order valence-electron chi connectivity index (χ0n) is 12.7. The number of rotatable bonds is 3. The number of ether oxygens (including phenoxy) is 2. The van der Waals surface area contributed by atoms with E-state index in [1.165, 1.54) is 0 Å². The van der Waals surface area contributed by atoms with E-state index in [0.29, 0.717) is 34.6 Å². The van der Waals surface area contributed by atoms with Gasteiger partial charge in [-0.2, -0.15) is 5.10 Å². The van der Waals surface area contributed by atoms with Crippen molar-refractivity contribution in [1.29, 1.82) is 0 Å². The number of benzene rings is 2. The van der Waals surface area contributed by atoms with E-state index in [9.17, 15) is 0 Å². The molecule has 4 nitrogen and oxygen atoms in total. The first kappa shape index (κ1) is 15.7. The maximum Gasteiger partial charge on any atom is 0.189 e. The largest absolute Gasteiger partial charge is 0.346 e. The smallest absolute Gasteiger partial charge is 0.189 e. The van der Waals surface area contributed by atoms with Gasteiger partial charge in [0, 0.05) is 5.56 Å². The van der Waals surface area contributed by atoms with Crippen molar-refractivity contribution < 1.29 is 9.47 Å². The van der Waals surface area contributed by atoms with Crippen LogP contribution in [0.5, 0.6) is 0 Å². The molecular weight excluding hydrogens is 347 g/mol. The van der Waals surface area contributed by atoms with Gasteiger partial charge in [0.2, 0.25) is 0 Å². The van der Waals surface area contributed by atoms with Crippen LogP contribution in [-0.2, 0) is 9.47 Å². The highest BCUT2D eigenvalue weighted by Crippen LogP contribution is 2.40. The maximum absolute atomic E-state index is 6.64. The second-order valence-electron chi connectivity index (χ2n) is 5.35. The number of aromatic nitrogens is 2. The van der Waals surface area contributed by atoms with Gasteiger partial charge in [-0.1, -0.05) is 59.6 Å². The predicted molar refractivity (Wildman–Crippen MR) is 93.7 cm³/mol. The molecule has 0 atom stereocenters. The number of nitrogens with zero attached hydrogens (tertiary/aromatic N) is 2. The van der Waals surface area contributed by atoms with Gasteiger partial charge in [-0.05, 0) is 18.2 Å². The molecule has 0 aliphatic carbocycles. The molecule has 1 aliphatic rings. The Kier molecular flexibility index (Phi) is 4.29. The van der Waals surface area contributed by atoms with Crippen LogP contribution in [0.3, 0.4) is 0 Å². The summed E-state index contributed by atoms with van der Waals surface area (Å²) in [5.41, 5.74) is 3.03. The molecule has 0 spiro atoms. The van der Waals surface area contributed by atoms with Crippen LogP contribution in [0, 0.1) is 0 Å². The molecule has 2 aromatic carbocycles. The minimum absolute atomic E-state index is 0.461. The predicted octanol–water partition coefficient (Wildman–Crippen LogP) is 4.89. The highest BCUT2D eigenvalue weighted by atomic mass is 35.5. The molecular formula is C18H14Cl2N2O2. The minimum Gasteiger partial charge on any atom is -0.346 e. The Hall–Kier alpha value is -1.85. The standard InChI is InChI=1S/C18H14Cl2N2O2/c19-14-9-5-4-8-13(14)16-15(18-23-10-11-24-18)17(20)22(21-16)12-6-2-1-3-7-12/h1-9,18H,10-11H2. The van der Waals surface area contributed by atoms with Crippen LogP contribution >= 0.6 is 23.2 Å². The number of para-hydroxylation sites is 1. The third kappa shape index (κ3) is 2.72. The average molecular weight is 361 g/mol. The number of halogens is 2. The fourth-order valence-corrected chi connectivity index (χ4v) is 3.28. The Morgan fingerprint density at radius 3 is 2.29 bits per heavy atom. The second kappa shape index (κ2) is 6.57. The molecule has 122 valence electrons. The van der Waals surface area contributed by atoms with E-state index in [4.69, 9.17) is 37.8 Å². The molecule has 2 heterocycles. The van der Waals surface area contributed by atoms with Gasteiger partial charge in [0.1, 0.15) is 10.8 Å². The van der Waals surface area contributed by atoms with Gasteiger partial charge in [-0.25, -0.2) is 4.68 Å². The molecule has 1 fully saturated rings. The van der Waals surface area contributed by atoms with E-state index in [-0.39, 0.29) is 0 Å². The average Bonchev–Trinajstić information content (AvgIpc) is 3.24. The van der Waals surface area contributed by atoms with Crippen LogP contribution in [0.25, 0.3) is 16.9 Å². The topological polar surface area (TPSA) is 36.3 Å². The van der Waals surface area contributed by atoms with Crippen LogP contribution in [-0.4, -0.2) is 23.0 Å². The van der Waals surface area contributed by atoms with Crippen LogP contribution in [0.2, 0.25) is 10.2 Å². The third-order valence-corrected chi connectivity index (χ3v) is 4.54. The highest BCUT2D eigenvalue weighted by Gasteiger charge is 2.30. The Morgan fingerprint density at radius 2 is 1.58 bits per heavy atom. The lowest BCUT2D eigenvalue weighted by atomic mass is 10.1. The van der Waals surface area contributed by atoms with Crippen molar-refractivity contribution in [2.24, 2.45) is 0 Å². The second-order valence-corrected chi connectivity index (χ2v) is 6.12. The summed E-state index contributed by atoms with van der Waals surface area (Å²) in [6.07, 6.45) is -0.541. The van der Waals surface area contributed by atoms with Gasteiger partial charge in [-0.3, -0.25) is 0 Å². The van der Waals surface area contributed by atoms with Crippen molar-refractivity contribution >= 4 is 23.2 Å². The van der Waals surface area contributed by atoms with Gasteiger partial charge in [-0.15, -0.1) is 0 Å². The van der Waals surface area contributed by atoms with Crippen molar-refractivity contribution in [3.8, 4) is 16.9 Å². The highest BCUT2D eigenvalue weighted by molar-refractivity contribution is 6.34. The van der Waals surface area contributed by atoms with Crippen molar-refractivity contribution in [1.82, 2.24) is 9.78 Å². The molecule has 24 heavy (non-hydrogen) atoms. The van der Waals surface area contributed by atoms with Gasteiger partial charge in [0.05, 0.1) is 29.5 Å². The zero-order chi connectivity index (χ0) is 16.5. The Labute approximate surface area is 149 Å². The molecule has 6 heteroatoms. The van der Waals surface area contributed by atoms with Crippen LogP contribution in [0.1, 0.15) is 11.9 Å². The van der Waals surface area contributed by atoms with Gasteiger partial charge in [0.15, 0.2) is 6.29 Å². The third-order valence-electron chi connectivity index (χ3n) is 3.85. The van der Waals surface area contributed by atoms with Gasteiger partial charge in [0.25, 0.3) is 0 Å². The Balaban J connectivity index is 1.93. The van der Waals surface area contributed by atoms with E-state index in [1.807, 2.05) is 54.6 Å². The molecule has 1 aliphatic heterocycles. The quantitative estimate of drug-likeness (QED) is 0.666. The summed E-state index contributed by atoms with van der Waals surface area (Å²) in [5, 5.41) is 5.76. The first-order valence-electron chi connectivity index (χ1n) is 7.57. The summed E-state index contributed by atoms with van der Waals surface area (Å²) in [5.74, 6) is 0. The maximum atomic E-state index is 6.64. The summed E-state index contributed by atoms with van der Waals surface area (Å²) >= 11 is 13.0. The first-order chi connectivity index (χ1) is 11.8. The fourth-order valence-electron chi connectivity index (χ4n) is 2.74. The summed E-state index contributed by atoms with van der Waals surface area (Å²) in [4.78, 5) is 0. The van der Waals surface area contributed by atoms with Crippen LogP contribution in [0.15, 0.2) is 54.6 Å². The monoisotopic (exact) mass is 360 g/mol. The SMILES string of the molecule is Clc1ccccc1-c1nn(-c2ccccc2)c(Cl)c1C1OCCO1. The summed E-state index contributed by atoms with van der Waals surface area (Å²) in [6.45, 7) is 1.05. The summed E-state index contributed by atoms with van der Waals surface area (Å²) < 4.78 is 13.0. The Bertz CT molecular complexity index is 859. The van der Waals surface area contributed by atoms with Crippen LogP contribution in [0.4, 0.5) is 0 Å². The molecule has 0 saturated carbocycles. The van der Waals surface area contributed by atoms with Crippen molar-refractivity contribution in [3.05, 3.63) is 70.3 Å². The number of hydrogen-bond donors (Lipinski definition) is 0. The van der Waals surface area contributed by atoms with E-state index >= 15 is 0 Å². The molecule has 0 bridgehead atoms. The van der Waals surface area contributed by atoms with Gasteiger partial charge >= 0.3 is 0 Å². The van der Waals surface area contributed by atoms with E-state index < -0.39 is 6.29 Å². The van der Waals surface area contributed by atoms with E-state index in [2.05, 4.69) is 0 Å². The molecule has 0 amide bonds. The molecule has 0 unspecified atom stereocenters. The van der Waals surface area contributed by atoms with Crippen molar-refractivity contribution in [2.45, 2.75) is 6.29 Å². The van der Waals surface area contributed by atoms with Gasteiger partial charge < -0.3 is 9.47 Å². The lowest BCUT2D eigenvalue weighted by Gasteiger charge is -2.10. The van der Waals surface area contributed by atoms with Crippen LogP contribution < -0.4 is 0 Å². The van der Waals surface area contributed by atoms with Crippen molar-refractivity contribution in [2.75, 3.05) is 13.2 Å². The molecule has 4 rings (SSSR count). The normalized spacial score (nSPS) is 15.1. The van der Waals surface area contributed by atoms with Crippen molar-refractivity contribution in [3.63, 3.8) is 0 Å². The zero-order valence-corrected chi connectivity index (χ0v) is 14.2. The van der Waals surface area contributed by atoms with E-state index in [0.717, 1.165) is 11.3 Å². The van der Waals surface area contributed by atoms with E-state index in [1.54, 1.807) is 4.68 Å². The molecule has 0 N–H and O–H groups in total. The number of hydrogen-bond acceptors (Lipinski definition) is 3. The molecule has 1 aromatic heterocycles.